The van der Waals surface area contributed by atoms with Gasteiger partial charge in [0.25, 0.3) is 0 Å². The van der Waals surface area contributed by atoms with E-state index in [0.29, 0.717) is 0 Å². The molecular weight excluding hydrogens is 234 g/mol. The summed E-state index contributed by atoms with van der Waals surface area (Å²) in [6, 6.07) is 20.9. The van der Waals surface area contributed by atoms with Gasteiger partial charge in [0.15, 0.2) is 0 Å². The van der Waals surface area contributed by atoms with Crippen LogP contribution in [0.4, 0.5) is 0 Å². The minimum atomic E-state index is 0.882. The summed E-state index contributed by atoms with van der Waals surface area (Å²) in [5.41, 5.74) is 2.02. The lowest BCUT2D eigenvalue weighted by Gasteiger charge is -2.08. The molecule has 0 aliphatic carbocycles. The van der Waals surface area contributed by atoms with E-state index < -0.39 is 0 Å². The van der Waals surface area contributed by atoms with Crippen LogP contribution in [0.2, 0.25) is 0 Å². The molecule has 0 bridgehead atoms. The van der Waals surface area contributed by atoms with Crippen molar-refractivity contribution in [3.8, 4) is 11.3 Å². The molecule has 4 rings (SSSR count). The first kappa shape index (κ1) is 10.3. The van der Waals surface area contributed by atoms with E-state index >= 15 is 0 Å². The zero-order valence-corrected chi connectivity index (χ0v) is 10.2. The van der Waals surface area contributed by atoms with E-state index in [1.165, 1.54) is 21.5 Å². The van der Waals surface area contributed by atoms with Crippen LogP contribution in [-0.4, -0.2) is 5.16 Å². The van der Waals surface area contributed by atoms with Gasteiger partial charge in [0.2, 0.25) is 0 Å². The van der Waals surface area contributed by atoms with Crippen LogP contribution in [0.25, 0.3) is 32.8 Å². The predicted molar refractivity (Wildman–Crippen MR) is 77.0 cm³/mol. The van der Waals surface area contributed by atoms with Gasteiger partial charge >= 0.3 is 0 Å². The van der Waals surface area contributed by atoms with Crippen LogP contribution in [-0.2, 0) is 0 Å². The van der Waals surface area contributed by atoms with Gasteiger partial charge in [0.1, 0.15) is 12.0 Å². The highest BCUT2D eigenvalue weighted by molar-refractivity contribution is 6.11. The maximum absolute atomic E-state index is 5.02. The molecule has 0 atom stereocenters. The summed E-state index contributed by atoms with van der Waals surface area (Å²) in [4.78, 5) is 0. The van der Waals surface area contributed by atoms with Crippen molar-refractivity contribution in [3.63, 3.8) is 0 Å². The van der Waals surface area contributed by atoms with Crippen LogP contribution in [0.1, 0.15) is 0 Å². The first-order valence-electron chi connectivity index (χ1n) is 6.25. The number of aromatic nitrogens is 1. The van der Waals surface area contributed by atoms with Crippen LogP contribution in [0, 0.1) is 0 Å². The molecule has 0 spiro atoms. The summed E-state index contributed by atoms with van der Waals surface area (Å²) >= 11 is 0. The van der Waals surface area contributed by atoms with Crippen molar-refractivity contribution < 1.29 is 4.52 Å². The van der Waals surface area contributed by atoms with Crippen molar-refractivity contribution in [1.82, 2.24) is 5.16 Å². The molecule has 0 unspecified atom stereocenters. The molecule has 0 saturated carbocycles. The molecule has 1 aromatic heterocycles. The summed E-state index contributed by atoms with van der Waals surface area (Å²) in [6.07, 6.45) is 1.62. The molecule has 0 aliphatic heterocycles. The van der Waals surface area contributed by atoms with Crippen molar-refractivity contribution in [2.45, 2.75) is 0 Å². The van der Waals surface area contributed by atoms with Crippen LogP contribution in [0.5, 0.6) is 0 Å². The molecule has 0 amide bonds. The molecule has 3 aromatic carbocycles. The average Bonchev–Trinajstić information content (AvgIpc) is 2.98. The smallest absolute Gasteiger partial charge is 0.124 e. The Labute approximate surface area is 110 Å². The van der Waals surface area contributed by atoms with E-state index in [-0.39, 0.29) is 0 Å². The Bertz CT molecular complexity index is 809. The average molecular weight is 245 g/mol. The molecule has 2 nitrogen and oxygen atoms in total. The number of nitrogens with zero attached hydrogens (tertiary/aromatic N) is 1. The molecule has 90 valence electrons. The highest BCUT2D eigenvalue weighted by Gasteiger charge is 2.11. The van der Waals surface area contributed by atoms with Crippen molar-refractivity contribution >= 4 is 21.5 Å². The molecular formula is C17H11NO. The van der Waals surface area contributed by atoms with Gasteiger partial charge in [-0.3, -0.25) is 0 Å². The zero-order chi connectivity index (χ0) is 12.7. The van der Waals surface area contributed by atoms with Crippen molar-refractivity contribution in [2.24, 2.45) is 0 Å². The summed E-state index contributed by atoms with van der Waals surface area (Å²) in [7, 11) is 0. The Hall–Kier alpha value is -2.61. The second-order valence-electron chi connectivity index (χ2n) is 4.58. The molecule has 4 aromatic rings. The maximum Gasteiger partial charge on any atom is 0.124 e. The van der Waals surface area contributed by atoms with E-state index in [1.807, 2.05) is 6.07 Å². The first-order chi connectivity index (χ1) is 9.43. The molecule has 2 heteroatoms. The Morgan fingerprint density at radius 1 is 0.737 bits per heavy atom. The fourth-order valence-electron chi connectivity index (χ4n) is 2.63. The van der Waals surface area contributed by atoms with E-state index in [1.54, 1.807) is 6.26 Å². The Morgan fingerprint density at radius 3 is 1.95 bits per heavy atom. The standard InChI is InChI=1S/C17H11NO/c1-3-7-14-12(5-1)11-13-6-2-4-8-15(13)17(14)16-9-10-19-18-16/h1-11H. The van der Waals surface area contributed by atoms with Gasteiger partial charge < -0.3 is 4.52 Å². The number of hydrogen-bond acceptors (Lipinski definition) is 2. The minimum absolute atomic E-state index is 0.882. The molecule has 0 aliphatic rings. The van der Waals surface area contributed by atoms with Crippen molar-refractivity contribution in [3.05, 3.63) is 66.9 Å². The SMILES string of the molecule is c1ccc2c(-c3ccon3)c3ccccc3cc2c1. The normalized spacial score (nSPS) is 11.2. The van der Waals surface area contributed by atoms with Crippen LogP contribution in [0.15, 0.2) is 71.4 Å². The summed E-state index contributed by atoms with van der Waals surface area (Å²) in [5.74, 6) is 0. The van der Waals surface area contributed by atoms with E-state index in [2.05, 4.69) is 59.8 Å². The van der Waals surface area contributed by atoms with Crippen LogP contribution >= 0.6 is 0 Å². The Morgan fingerprint density at radius 2 is 1.37 bits per heavy atom. The minimum Gasteiger partial charge on any atom is -0.364 e. The number of fused-ring (bicyclic) bond motifs is 2. The van der Waals surface area contributed by atoms with Crippen molar-refractivity contribution in [1.29, 1.82) is 0 Å². The van der Waals surface area contributed by atoms with Gasteiger partial charge in [0.05, 0.1) is 0 Å². The molecule has 0 fully saturated rings. The predicted octanol–water partition coefficient (Wildman–Crippen LogP) is 4.65. The zero-order valence-electron chi connectivity index (χ0n) is 10.2. The maximum atomic E-state index is 5.02. The highest BCUT2D eigenvalue weighted by atomic mass is 16.5. The number of benzene rings is 3. The number of rotatable bonds is 1. The lowest BCUT2D eigenvalue weighted by Crippen LogP contribution is -1.85. The topological polar surface area (TPSA) is 26.0 Å². The third-order valence-electron chi connectivity index (χ3n) is 3.47. The largest absolute Gasteiger partial charge is 0.364 e. The van der Waals surface area contributed by atoms with E-state index in [0.717, 1.165) is 11.3 Å². The van der Waals surface area contributed by atoms with Crippen LogP contribution < -0.4 is 0 Å². The second kappa shape index (κ2) is 3.95. The molecule has 0 radical (unpaired) electrons. The van der Waals surface area contributed by atoms with E-state index in [9.17, 15) is 0 Å². The number of hydrogen-bond donors (Lipinski definition) is 0. The van der Waals surface area contributed by atoms with Gasteiger partial charge in [-0.25, -0.2) is 0 Å². The monoisotopic (exact) mass is 245 g/mol. The first-order valence-corrected chi connectivity index (χ1v) is 6.25. The Balaban J connectivity index is 2.27. The van der Waals surface area contributed by atoms with Crippen molar-refractivity contribution in [2.75, 3.05) is 0 Å². The second-order valence-corrected chi connectivity index (χ2v) is 4.58. The van der Waals surface area contributed by atoms with Crippen LogP contribution in [0.3, 0.4) is 0 Å². The lowest BCUT2D eigenvalue weighted by molar-refractivity contribution is 0.422. The fourth-order valence-corrected chi connectivity index (χ4v) is 2.63. The van der Waals surface area contributed by atoms with Gasteiger partial charge in [-0.15, -0.1) is 0 Å². The molecule has 1 heterocycles. The van der Waals surface area contributed by atoms with E-state index in [4.69, 9.17) is 4.52 Å². The quantitative estimate of drug-likeness (QED) is 0.456. The van der Waals surface area contributed by atoms with Gasteiger partial charge in [-0.2, -0.15) is 0 Å². The fraction of sp³-hybridized carbons (Fsp3) is 0. The summed E-state index contributed by atoms with van der Waals surface area (Å²) in [6.45, 7) is 0. The van der Waals surface area contributed by atoms with Gasteiger partial charge in [-0.05, 0) is 27.6 Å². The molecule has 19 heavy (non-hydrogen) atoms. The third kappa shape index (κ3) is 1.54. The molecule has 0 saturated heterocycles. The Kier molecular flexibility index (Phi) is 2.15. The highest BCUT2D eigenvalue weighted by Crippen LogP contribution is 2.35. The summed E-state index contributed by atoms with van der Waals surface area (Å²) < 4.78 is 5.02. The lowest BCUT2D eigenvalue weighted by atomic mass is 9.95. The van der Waals surface area contributed by atoms with Gasteiger partial charge in [0, 0.05) is 11.6 Å². The summed E-state index contributed by atoms with van der Waals surface area (Å²) in [5, 5.41) is 8.96. The third-order valence-corrected chi connectivity index (χ3v) is 3.47. The van der Waals surface area contributed by atoms with Gasteiger partial charge in [-0.1, -0.05) is 53.7 Å². The molecule has 0 N–H and O–H groups in total.